The minimum absolute atomic E-state index is 0.505. The van der Waals surface area contributed by atoms with Crippen LogP contribution in [-0.2, 0) is 0 Å². The zero-order valence-corrected chi connectivity index (χ0v) is 11.0. The Labute approximate surface area is 111 Å². The fourth-order valence-corrected chi connectivity index (χ4v) is 1.84. The molecule has 0 saturated heterocycles. The number of aromatic nitrogens is 2. The van der Waals surface area contributed by atoms with Crippen LogP contribution in [0.5, 0.6) is 11.5 Å². The number of nitrogens with one attached hydrogen (secondary N) is 1. The molecule has 0 aliphatic rings. The van der Waals surface area contributed by atoms with E-state index in [-0.39, 0.29) is 0 Å². The van der Waals surface area contributed by atoms with Crippen molar-refractivity contribution in [3.05, 3.63) is 30.0 Å². The van der Waals surface area contributed by atoms with E-state index in [9.17, 15) is 4.79 Å². The van der Waals surface area contributed by atoms with Crippen LogP contribution in [0.1, 0.15) is 24.2 Å². The van der Waals surface area contributed by atoms with Gasteiger partial charge in [-0.25, -0.2) is 0 Å². The summed E-state index contributed by atoms with van der Waals surface area (Å²) in [6, 6.07) is 5.52. The predicted molar refractivity (Wildman–Crippen MR) is 71.7 cm³/mol. The van der Waals surface area contributed by atoms with Crippen LogP contribution in [0.25, 0.3) is 11.3 Å². The number of H-pyrrole nitrogens is 1. The number of rotatable bonds is 6. The molecule has 0 fully saturated rings. The summed E-state index contributed by atoms with van der Waals surface area (Å²) in [6.45, 7) is 4.96. The zero-order chi connectivity index (χ0) is 13.7. The molecule has 0 bridgehead atoms. The molecule has 0 radical (unpaired) electrons. The highest BCUT2D eigenvalue weighted by atomic mass is 16.5. The number of ether oxygens (including phenoxy) is 2. The Bertz CT molecular complexity index is 564. The molecule has 1 aromatic carbocycles. The quantitative estimate of drug-likeness (QED) is 0.811. The lowest BCUT2D eigenvalue weighted by atomic mass is 10.1. The first-order valence-electron chi connectivity index (χ1n) is 6.18. The predicted octanol–water partition coefficient (Wildman–Crippen LogP) is 2.69. The molecule has 1 aromatic heterocycles. The summed E-state index contributed by atoms with van der Waals surface area (Å²) >= 11 is 0. The van der Waals surface area contributed by atoms with E-state index in [1.165, 1.54) is 6.20 Å². The van der Waals surface area contributed by atoms with Gasteiger partial charge in [0.05, 0.1) is 30.7 Å². The first kappa shape index (κ1) is 13.1. The van der Waals surface area contributed by atoms with Gasteiger partial charge in [-0.3, -0.25) is 9.89 Å². The largest absolute Gasteiger partial charge is 0.494 e. The second-order valence-corrected chi connectivity index (χ2v) is 3.84. The normalized spacial score (nSPS) is 10.2. The minimum Gasteiger partial charge on any atom is -0.494 e. The van der Waals surface area contributed by atoms with Crippen molar-refractivity contribution >= 4 is 6.29 Å². The fourth-order valence-electron chi connectivity index (χ4n) is 1.84. The van der Waals surface area contributed by atoms with E-state index in [2.05, 4.69) is 10.2 Å². The lowest BCUT2D eigenvalue weighted by Crippen LogP contribution is -1.98. The lowest BCUT2D eigenvalue weighted by Gasteiger charge is -2.11. The molecule has 0 aliphatic carbocycles. The molecule has 0 atom stereocenters. The Morgan fingerprint density at radius 1 is 1.26 bits per heavy atom. The second kappa shape index (κ2) is 6.04. The van der Waals surface area contributed by atoms with Crippen LogP contribution in [-0.4, -0.2) is 29.7 Å². The van der Waals surface area contributed by atoms with Crippen LogP contribution in [0.15, 0.2) is 24.4 Å². The van der Waals surface area contributed by atoms with Gasteiger partial charge in [0, 0.05) is 11.6 Å². The van der Waals surface area contributed by atoms with E-state index < -0.39 is 0 Å². The molecular weight excluding hydrogens is 244 g/mol. The van der Waals surface area contributed by atoms with Gasteiger partial charge in [0.15, 0.2) is 6.29 Å². The summed E-state index contributed by atoms with van der Waals surface area (Å²) in [5, 5.41) is 6.71. The smallest absolute Gasteiger partial charge is 0.153 e. The van der Waals surface area contributed by atoms with Gasteiger partial charge in [0.1, 0.15) is 11.5 Å². The maximum atomic E-state index is 11.0. The Morgan fingerprint density at radius 2 is 2.05 bits per heavy atom. The first-order chi connectivity index (χ1) is 9.30. The maximum absolute atomic E-state index is 11.0. The van der Waals surface area contributed by atoms with Gasteiger partial charge in [0.25, 0.3) is 0 Å². The van der Waals surface area contributed by atoms with Gasteiger partial charge in [-0.15, -0.1) is 0 Å². The second-order valence-electron chi connectivity index (χ2n) is 3.84. The Hall–Kier alpha value is -2.30. The van der Waals surface area contributed by atoms with Gasteiger partial charge in [-0.2, -0.15) is 5.10 Å². The SMILES string of the molecule is CCOc1ccc(-c2[nH]ncc2C=O)c(OCC)c1. The summed E-state index contributed by atoms with van der Waals surface area (Å²) < 4.78 is 11.0. The molecule has 100 valence electrons. The molecule has 1 N–H and O–H groups in total. The molecule has 2 rings (SSSR count). The third kappa shape index (κ3) is 2.76. The van der Waals surface area contributed by atoms with Crippen LogP contribution in [0.2, 0.25) is 0 Å². The average molecular weight is 260 g/mol. The van der Waals surface area contributed by atoms with Crippen LogP contribution >= 0.6 is 0 Å². The van der Waals surface area contributed by atoms with Crippen molar-refractivity contribution in [2.75, 3.05) is 13.2 Å². The molecule has 5 heteroatoms. The summed E-state index contributed by atoms with van der Waals surface area (Å²) in [6.07, 6.45) is 2.26. The van der Waals surface area contributed by atoms with E-state index in [1.807, 2.05) is 32.0 Å². The molecule has 0 unspecified atom stereocenters. The van der Waals surface area contributed by atoms with E-state index in [1.54, 1.807) is 0 Å². The van der Waals surface area contributed by atoms with Crippen molar-refractivity contribution in [3.8, 4) is 22.8 Å². The molecule has 0 amide bonds. The number of aromatic amines is 1. The van der Waals surface area contributed by atoms with Gasteiger partial charge < -0.3 is 9.47 Å². The number of hydrogen-bond acceptors (Lipinski definition) is 4. The third-order valence-corrected chi connectivity index (χ3v) is 2.63. The highest BCUT2D eigenvalue weighted by molar-refractivity contribution is 5.87. The highest BCUT2D eigenvalue weighted by Crippen LogP contribution is 2.33. The first-order valence-corrected chi connectivity index (χ1v) is 6.18. The van der Waals surface area contributed by atoms with Crippen molar-refractivity contribution in [2.24, 2.45) is 0 Å². The monoisotopic (exact) mass is 260 g/mol. The van der Waals surface area contributed by atoms with Gasteiger partial charge >= 0.3 is 0 Å². The average Bonchev–Trinajstić information content (AvgIpc) is 2.88. The summed E-state index contributed by atoms with van der Waals surface area (Å²) in [7, 11) is 0. The Balaban J connectivity index is 2.46. The Morgan fingerprint density at radius 3 is 2.74 bits per heavy atom. The van der Waals surface area contributed by atoms with E-state index in [4.69, 9.17) is 9.47 Å². The van der Waals surface area contributed by atoms with Crippen LogP contribution in [0, 0.1) is 0 Å². The van der Waals surface area contributed by atoms with Gasteiger partial charge in [-0.05, 0) is 26.0 Å². The fraction of sp³-hybridized carbons (Fsp3) is 0.286. The van der Waals surface area contributed by atoms with Crippen LogP contribution in [0.4, 0.5) is 0 Å². The number of hydrogen-bond donors (Lipinski definition) is 1. The van der Waals surface area contributed by atoms with Crippen LogP contribution < -0.4 is 9.47 Å². The Kier molecular flexibility index (Phi) is 4.18. The van der Waals surface area contributed by atoms with Crippen molar-refractivity contribution in [3.63, 3.8) is 0 Å². The summed E-state index contributed by atoms with van der Waals surface area (Å²) in [4.78, 5) is 11.0. The molecule has 0 aliphatic heterocycles. The number of aldehydes is 1. The molecular formula is C14H16N2O3. The maximum Gasteiger partial charge on any atom is 0.153 e. The van der Waals surface area contributed by atoms with Crippen molar-refractivity contribution < 1.29 is 14.3 Å². The topological polar surface area (TPSA) is 64.2 Å². The van der Waals surface area contributed by atoms with E-state index in [0.29, 0.717) is 30.2 Å². The van der Waals surface area contributed by atoms with Crippen LogP contribution in [0.3, 0.4) is 0 Å². The molecule has 5 nitrogen and oxygen atoms in total. The van der Waals surface area contributed by atoms with Gasteiger partial charge in [-0.1, -0.05) is 0 Å². The number of carbonyl (C=O) groups excluding carboxylic acids is 1. The number of carbonyl (C=O) groups is 1. The lowest BCUT2D eigenvalue weighted by molar-refractivity contribution is 0.112. The summed E-state index contributed by atoms with van der Waals surface area (Å²) in [5.41, 5.74) is 1.96. The molecule has 19 heavy (non-hydrogen) atoms. The zero-order valence-electron chi connectivity index (χ0n) is 11.0. The molecule has 1 heterocycles. The van der Waals surface area contributed by atoms with E-state index >= 15 is 0 Å². The van der Waals surface area contributed by atoms with Crippen molar-refractivity contribution in [1.29, 1.82) is 0 Å². The van der Waals surface area contributed by atoms with Crippen molar-refractivity contribution in [1.82, 2.24) is 10.2 Å². The van der Waals surface area contributed by atoms with E-state index in [0.717, 1.165) is 17.6 Å². The highest BCUT2D eigenvalue weighted by Gasteiger charge is 2.13. The van der Waals surface area contributed by atoms with Crippen molar-refractivity contribution in [2.45, 2.75) is 13.8 Å². The summed E-state index contributed by atoms with van der Waals surface area (Å²) in [5.74, 6) is 1.41. The number of benzene rings is 1. The molecule has 0 spiro atoms. The third-order valence-electron chi connectivity index (χ3n) is 2.63. The van der Waals surface area contributed by atoms with Gasteiger partial charge in [0.2, 0.25) is 0 Å². The standard InChI is InChI=1S/C14H16N2O3/c1-3-18-11-5-6-12(13(7-11)19-4-2)14-10(9-17)8-15-16-14/h5-9H,3-4H2,1-2H3,(H,15,16). The minimum atomic E-state index is 0.505. The molecule has 2 aromatic rings. The number of nitrogens with zero attached hydrogens (tertiary/aromatic N) is 1. The molecule has 0 saturated carbocycles.